The van der Waals surface area contributed by atoms with Crippen LogP contribution in [0.4, 0.5) is 5.69 Å². The number of ether oxygens (including phenoxy) is 1. The molecule has 0 bridgehead atoms. The number of rotatable bonds is 6. The lowest BCUT2D eigenvalue weighted by Gasteiger charge is -2.09. The highest BCUT2D eigenvalue weighted by atomic mass is 35.5. The van der Waals surface area contributed by atoms with Gasteiger partial charge in [0.2, 0.25) is 5.88 Å². The first-order valence-electron chi connectivity index (χ1n) is 5.27. The van der Waals surface area contributed by atoms with Gasteiger partial charge in [0, 0.05) is 5.75 Å². The Hall–Kier alpha value is -0.680. The van der Waals surface area contributed by atoms with Crippen LogP contribution in [0.15, 0.2) is 5.16 Å². The molecule has 1 aromatic heterocycles. The molecule has 16 heavy (non-hydrogen) atoms. The molecule has 0 saturated heterocycles. The van der Waals surface area contributed by atoms with Crippen molar-refractivity contribution in [2.45, 2.75) is 31.8 Å². The van der Waals surface area contributed by atoms with Crippen LogP contribution in [0.1, 0.15) is 26.7 Å². The number of hydrogen-bond acceptors (Lipinski definition) is 5. The minimum atomic E-state index is 0.264. The molecule has 0 unspecified atom stereocenters. The smallest absolute Gasteiger partial charge is 0.242 e. The monoisotopic (exact) mass is 261 g/mol. The van der Waals surface area contributed by atoms with E-state index in [0.717, 1.165) is 18.6 Å². The number of anilines is 1. The van der Waals surface area contributed by atoms with Gasteiger partial charge >= 0.3 is 0 Å². The van der Waals surface area contributed by atoms with Crippen molar-refractivity contribution in [3.63, 3.8) is 0 Å². The molecule has 2 N–H and O–H groups in total. The van der Waals surface area contributed by atoms with E-state index >= 15 is 0 Å². The Morgan fingerprint density at radius 2 is 2.06 bits per heavy atom. The number of nitrogens with two attached hydrogens (primary N) is 1. The van der Waals surface area contributed by atoms with Gasteiger partial charge in [-0.15, -0.1) is 0 Å². The first-order valence-corrected chi connectivity index (χ1v) is 6.64. The average Bonchev–Trinajstić information content (AvgIpc) is 2.28. The molecule has 0 atom stereocenters. The molecule has 90 valence electrons. The highest BCUT2D eigenvalue weighted by Crippen LogP contribution is 2.29. The third-order valence-corrected chi connectivity index (χ3v) is 3.06. The summed E-state index contributed by atoms with van der Waals surface area (Å²) in [6.07, 6.45) is 1.96. The molecule has 1 rings (SSSR count). The largest absolute Gasteiger partial charge is 0.476 e. The van der Waals surface area contributed by atoms with Gasteiger partial charge in [0.1, 0.15) is 5.69 Å². The minimum Gasteiger partial charge on any atom is -0.476 e. The third kappa shape index (κ3) is 3.72. The van der Waals surface area contributed by atoms with Crippen LogP contribution in [0.25, 0.3) is 0 Å². The molecule has 0 aliphatic rings. The Morgan fingerprint density at radius 1 is 1.31 bits per heavy atom. The highest BCUT2D eigenvalue weighted by Gasteiger charge is 2.11. The van der Waals surface area contributed by atoms with E-state index in [1.807, 2.05) is 6.92 Å². The summed E-state index contributed by atoms with van der Waals surface area (Å²) >= 11 is 7.46. The van der Waals surface area contributed by atoms with Gasteiger partial charge in [-0.3, -0.25) is 0 Å². The molecule has 4 nitrogen and oxygen atoms in total. The summed E-state index contributed by atoms with van der Waals surface area (Å²) in [4.78, 5) is 8.32. The predicted octanol–water partition coefficient (Wildman–Crippen LogP) is 3.00. The van der Waals surface area contributed by atoms with Crippen molar-refractivity contribution in [1.82, 2.24) is 9.97 Å². The van der Waals surface area contributed by atoms with E-state index in [-0.39, 0.29) is 5.15 Å². The van der Waals surface area contributed by atoms with Crippen molar-refractivity contribution in [2.75, 3.05) is 18.1 Å². The van der Waals surface area contributed by atoms with Gasteiger partial charge in [-0.05, 0) is 12.8 Å². The van der Waals surface area contributed by atoms with E-state index in [1.54, 1.807) is 11.8 Å². The summed E-state index contributed by atoms with van der Waals surface area (Å²) < 4.78 is 5.41. The van der Waals surface area contributed by atoms with E-state index in [1.165, 1.54) is 0 Å². The Morgan fingerprint density at radius 3 is 2.69 bits per heavy atom. The zero-order valence-corrected chi connectivity index (χ0v) is 11.1. The molecule has 0 aliphatic heterocycles. The quantitative estimate of drug-likeness (QED) is 0.485. The number of nitrogen functional groups attached to an aromatic ring is 1. The molecule has 1 aromatic rings. The van der Waals surface area contributed by atoms with Crippen LogP contribution >= 0.6 is 23.4 Å². The summed E-state index contributed by atoms with van der Waals surface area (Å²) in [5, 5.41) is 0.881. The summed E-state index contributed by atoms with van der Waals surface area (Å²) in [7, 11) is 0. The van der Waals surface area contributed by atoms with E-state index in [9.17, 15) is 0 Å². The topological polar surface area (TPSA) is 61.0 Å². The Balaban J connectivity index is 2.83. The molecule has 0 spiro atoms. The molecule has 0 radical (unpaired) electrons. The van der Waals surface area contributed by atoms with E-state index in [2.05, 4.69) is 16.9 Å². The molecular formula is C10H16ClN3OS. The number of halogens is 1. The van der Waals surface area contributed by atoms with Crippen LogP contribution < -0.4 is 10.5 Å². The molecule has 0 amide bonds. The summed E-state index contributed by atoms with van der Waals surface area (Å²) in [6, 6.07) is 0. The van der Waals surface area contributed by atoms with Crippen molar-refractivity contribution in [3.05, 3.63) is 5.15 Å². The van der Waals surface area contributed by atoms with Crippen LogP contribution in [-0.4, -0.2) is 22.3 Å². The molecule has 0 aliphatic carbocycles. The number of hydrogen-bond donors (Lipinski definition) is 1. The summed E-state index contributed by atoms with van der Waals surface area (Å²) in [6.45, 7) is 4.70. The lowest BCUT2D eigenvalue weighted by atomic mass is 10.5. The molecular weight excluding hydrogens is 246 g/mol. The van der Waals surface area contributed by atoms with Crippen molar-refractivity contribution in [2.24, 2.45) is 0 Å². The van der Waals surface area contributed by atoms with Gasteiger partial charge in [-0.25, -0.2) is 4.98 Å². The molecule has 1 heterocycles. The fourth-order valence-corrected chi connectivity index (χ4v) is 1.87. The van der Waals surface area contributed by atoms with Gasteiger partial charge < -0.3 is 10.5 Å². The fourth-order valence-electron chi connectivity index (χ4n) is 0.971. The van der Waals surface area contributed by atoms with Crippen LogP contribution in [0.3, 0.4) is 0 Å². The lowest BCUT2D eigenvalue weighted by molar-refractivity contribution is 0.304. The van der Waals surface area contributed by atoms with E-state index in [0.29, 0.717) is 23.3 Å². The Kier molecular flexibility index (Phi) is 5.69. The SMILES string of the molecule is CCCOc1nc(SCCC)nc(Cl)c1N. The van der Waals surface area contributed by atoms with Crippen LogP contribution in [0, 0.1) is 0 Å². The van der Waals surface area contributed by atoms with Crippen molar-refractivity contribution >= 4 is 29.1 Å². The number of aromatic nitrogens is 2. The lowest BCUT2D eigenvalue weighted by Crippen LogP contribution is -2.04. The van der Waals surface area contributed by atoms with Gasteiger partial charge in [0.25, 0.3) is 0 Å². The normalized spacial score (nSPS) is 10.4. The van der Waals surface area contributed by atoms with Crippen molar-refractivity contribution in [3.8, 4) is 5.88 Å². The molecule has 0 fully saturated rings. The first-order chi connectivity index (χ1) is 7.69. The van der Waals surface area contributed by atoms with Crippen LogP contribution in [0.2, 0.25) is 5.15 Å². The fraction of sp³-hybridized carbons (Fsp3) is 0.600. The van der Waals surface area contributed by atoms with Gasteiger partial charge in [-0.2, -0.15) is 4.98 Å². The second kappa shape index (κ2) is 6.81. The number of nitrogens with zero attached hydrogens (tertiary/aromatic N) is 2. The maximum atomic E-state index is 5.91. The summed E-state index contributed by atoms with van der Waals surface area (Å²) in [5.74, 6) is 1.34. The third-order valence-electron chi connectivity index (χ3n) is 1.72. The maximum Gasteiger partial charge on any atom is 0.242 e. The second-order valence-corrected chi connectivity index (χ2v) is 4.63. The van der Waals surface area contributed by atoms with Crippen molar-refractivity contribution in [1.29, 1.82) is 0 Å². The average molecular weight is 262 g/mol. The summed E-state index contributed by atoms with van der Waals surface area (Å²) in [5.41, 5.74) is 6.05. The highest BCUT2D eigenvalue weighted by molar-refractivity contribution is 7.99. The zero-order valence-electron chi connectivity index (χ0n) is 9.49. The molecule has 6 heteroatoms. The Bertz CT molecular complexity index is 349. The molecule has 0 saturated carbocycles. The standard InChI is InChI=1S/C10H16ClN3OS/c1-3-5-15-9-7(12)8(11)13-10(14-9)16-6-4-2/h3-6,12H2,1-2H3. The predicted molar refractivity (Wildman–Crippen MR) is 68.3 cm³/mol. The first kappa shape index (κ1) is 13.4. The zero-order chi connectivity index (χ0) is 12.0. The minimum absolute atomic E-state index is 0.264. The molecule has 0 aromatic carbocycles. The number of thioether (sulfide) groups is 1. The van der Waals surface area contributed by atoms with Gasteiger partial charge in [-0.1, -0.05) is 37.2 Å². The van der Waals surface area contributed by atoms with Gasteiger partial charge in [0.05, 0.1) is 6.61 Å². The van der Waals surface area contributed by atoms with Gasteiger partial charge in [0.15, 0.2) is 10.3 Å². The van der Waals surface area contributed by atoms with E-state index < -0.39 is 0 Å². The Labute approximate surface area is 105 Å². The van der Waals surface area contributed by atoms with E-state index in [4.69, 9.17) is 22.1 Å². The maximum absolute atomic E-state index is 5.91. The van der Waals surface area contributed by atoms with Crippen LogP contribution in [0.5, 0.6) is 5.88 Å². The second-order valence-electron chi connectivity index (χ2n) is 3.21. The van der Waals surface area contributed by atoms with Crippen LogP contribution in [-0.2, 0) is 0 Å². The van der Waals surface area contributed by atoms with Crippen molar-refractivity contribution < 1.29 is 4.74 Å².